The molecule has 1 aliphatic heterocycles. The van der Waals surface area contributed by atoms with Crippen LogP contribution >= 0.6 is 0 Å². The summed E-state index contributed by atoms with van der Waals surface area (Å²) in [5, 5.41) is 0. The van der Waals surface area contributed by atoms with E-state index in [4.69, 9.17) is 10.5 Å². The van der Waals surface area contributed by atoms with Crippen molar-refractivity contribution in [2.24, 2.45) is 11.7 Å². The molecule has 23 heavy (non-hydrogen) atoms. The van der Waals surface area contributed by atoms with E-state index < -0.39 is 5.60 Å². The van der Waals surface area contributed by atoms with Gasteiger partial charge in [-0.3, -0.25) is 0 Å². The highest BCUT2D eigenvalue weighted by atomic mass is 16.6. The Hall–Kier alpha value is -1.71. The van der Waals surface area contributed by atoms with Crippen LogP contribution in [0.5, 0.6) is 0 Å². The summed E-state index contributed by atoms with van der Waals surface area (Å²) >= 11 is 0. The number of likely N-dealkylation sites (tertiary alicyclic amines) is 1. The van der Waals surface area contributed by atoms with Gasteiger partial charge in [0, 0.05) is 18.8 Å². The quantitative estimate of drug-likeness (QED) is 0.767. The fraction of sp³-hybridized carbons (Fsp3) is 0.632. The summed E-state index contributed by atoms with van der Waals surface area (Å²) in [6, 6.07) is 0. The number of amides is 1. The van der Waals surface area contributed by atoms with Crippen LogP contribution in [0.15, 0.2) is 36.1 Å². The van der Waals surface area contributed by atoms with E-state index in [2.05, 4.69) is 6.58 Å². The van der Waals surface area contributed by atoms with Crippen molar-refractivity contribution in [1.82, 2.24) is 4.90 Å². The molecule has 1 aliphatic rings. The first-order valence-corrected chi connectivity index (χ1v) is 7.94. The van der Waals surface area contributed by atoms with Crippen LogP contribution < -0.4 is 5.73 Å². The van der Waals surface area contributed by atoms with Gasteiger partial charge in [0.05, 0.1) is 0 Å². The Bertz CT molecular complexity index is 446. The summed E-state index contributed by atoms with van der Waals surface area (Å²) in [5.74, 6) is 0.570. The van der Waals surface area contributed by atoms with Crippen LogP contribution in [0.3, 0.4) is 0 Å². The van der Waals surface area contributed by atoms with Crippen LogP contribution in [0.1, 0.15) is 54.4 Å². The van der Waals surface area contributed by atoms with Crippen molar-refractivity contribution in [3.8, 4) is 0 Å². The van der Waals surface area contributed by atoms with Gasteiger partial charge in [0.2, 0.25) is 0 Å². The first-order valence-electron chi connectivity index (χ1n) is 7.94. The molecular formula is C19H34N2O2. The third-order valence-corrected chi connectivity index (χ3v) is 3.54. The minimum Gasteiger partial charge on any atom is -0.444 e. The van der Waals surface area contributed by atoms with Gasteiger partial charge >= 0.3 is 6.09 Å². The molecule has 1 saturated heterocycles. The second-order valence-electron chi connectivity index (χ2n) is 6.98. The van der Waals surface area contributed by atoms with E-state index in [0.29, 0.717) is 5.92 Å². The first kappa shape index (κ1) is 21.3. The number of carbonyl (C=O) groups excluding carboxylic acids is 1. The maximum absolute atomic E-state index is 12.0. The molecular weight excluding hydrogens is 288 g/mol. The van der Waals surface area contributed by atoms with E-state index in [9.17, 15) is 4.79 Å². The van der Waals surface area contributed by atoms with E-state index in [-0.39, 0.29) is 13.5 Å². The van der Waals surface area contributed by atoms with Crippen molar-refractivity contribution in [3.63, 3.8) is 0 Å². The first-order chi connectivity index (χ1) is 10.2. The summed E-state index contributed by atoms with van der Waals surface area (Å²) in [5.41, 5.74) is 7.34. The number of allylic oxidation sites excluding steroid dienone is 5. The van der Waals surface area contributed by atoms with E-state index in [1.54, 1.807) is 6.08 Å². The van der Waals surface area contributed by atoms with Crippen LogP contribution in [0.25, 0.3) is 0 Å². The van der Waals surface area contributed by atoms with Crippen molar-refractivity contribution in [2.45, 2.75) is 60.0 Å². The zero-order valence-electron chi connectivity index (χ0n) is 14.4. The second kappa shape index (κ2) is 9.43. The maximum Gasteiger partial charge on any atom is 0.410 e. The van der Waals surface area contributed by atoms with E-state index in [0.717, 1.165) is 38.0 Å². The van der Waals surface area contributed by atoms with Crippen LogP contribution in [-0.2, 0) is 4.74 Å². The van der Waals surface area contributed by atoms with Crippen LogP contribution in [0.2, 0.25) is 0 Å². The molecule has 0 saturated carbocycles. The lowest BCUT2D eigenvalue weighted by molar-refractivity contribution is 0.0184. The molecule has 1 heterocycles. The molecule has 0 unspecified atom stereocenters. The summed E-state index contributed by atoms with van der Waals surface area (Å²) in [7, 11) is 0. The second-order valence-corrected chi connectivity index (χ2v) is 6.98. The van der Waals surface area contributed by atoms with E-state index >= 15 is 0 Å². The molecule has 0 radical (unpaired) electrons. The summed E-state index contributed by atoms with van der Waals surface area (Å²) in [6.07, 6.45) is 8.56. The van der Waals surface area contributed by atoms with Gasteiger partial charge < -0.3 is 15.4 Å². The molecule has 0 bridgehead atoms. The molecule has 4 nitrogen and oxygen atoms in total. The molecule has 1 amide bonds. The summed E-state index contributed by atoms with van der Waals surface area (Å²) in [4.78, 5) is 13.9. The standard InChI is InChI=1S/C18H30N2O2.CH4/c1-6-7-16(12-14(2)19)13-15-8-10-20(11-9-15)17(21)22-18(3,4)5;/h6-7,12,15H,1,8-11,13,19H2,2-5H3;1H4/b14-12+,16-7+;. The molecule has 1 fully saturated rings. The van der Waals surface area contributed by atoms with Gasteiger partial charge in [-0.05, 0) is 64.5 Å². The number of carbonyl (C=O) groups is 1. The van der Waals surface area contributed by atoms with Crippen LogP contribution in [0.4, 0.5) is 4.79 Å². The molecule has 1 rings (SSSR count). The molecule has 4 heteroatoms. The Kier molecular flexibility index (Phi) is 8.73. The SMILES string of the molecule is C.C=C/C=C(\C=C(/C)N)CC1CCN(C(=O)OC(C)(C)C)CC1. The smallest absolute Gasteiger partial charge is 0.410 e. The molecule has 0 spiro atoms. The predicted octanol–water partition coefficient (Wildman–Crippen LogP) is 4.63. The fourth-order valence-electron chi connectivity index (χ4n) is 2.60. The lowest BCUT2D eigenvalue weighted by atomic mass is 9.89. The number of rotatable bonds is 4. The van der Waals surface area contributed by atoms with Gasteiger partial charge in [0.1, 0.15) is 5.60 Å². The topological polar surface area (TPSA) is 55.6 Å². The normalized spacial score (nSPS) is 17.5. The number of hydrogen-bond acceptors (Lipinski definition) is 3. The number of hydrogen-bond donors (Lipinski definition) is 1. The number of nitrogens with two attached hydrogens (primary N) is 1. The summed E-state index contributed by atoms with van der Waals surface area (Å²) < 4.78 is 5.42. The molecule has 0 aromatic heterocycles. The average Bonchev–Trinajstić information content (AvgIpc) is 2.37. The molecule has 0 aromatic rings. The van der Waals surface area contributed by atoms with Gasteiger partial charge in [-0.15, -0.1) is 0 Å². The average molecular weight is 322 g/mol. The van der Waals surface area contributed by atoms with E-state index in [1.807, 2.05) is 44.7 Å². The fourth-order valence-corrected chi connectivity index (χ4v) is 2.60. The van der Waals surface area contributed by atoms with Crippen molar-refractivity contribution in [2.75, 3.05) is 13.1 Å². The predicted molar refractivity (Wildman–Crippen MR) is 98.1 cm³/mol. The Balaban J connectivity index is 0.00000484. The maximum atomic E-state index is 12.0. The van der Waals surface area contributed by atoms with Crippen molar-refractivity contribution < 1.29 is 9.53 Å². The lowest BCUT2D eigenvalue weighted by Gasteiger charge is -2.33. The third-order valence-electron chi connectivity index (χ3n) is 3.54. The van der Waals surface area contributed by atoms with Crippen molar-refractivity contribution >= 4 is 6.09 Å². The minimum atomic E-state index is -0.433. The zero-order chi connectivity index (χ0) is 16.8. The van der Waals surface area contributed by atoms with Crippen molar-refractivity contribution in [3.05, 3.63) is 36.1 Å². The number of piperidine rings is 1. The Morgan fingerprint density at radius 3 is 2.35 bits per heavy atom. The number of nitrogens with zero attached hydrogens (tertiary/aromatic N) is 1. The third kappa shape index (κ3) is 8.48. The van der Waals surface area contributed by atoms with Gasteiger partial charge in [-0.1, -0.05) is 26.2 Å². The lowest BCUT2D eigenvalue weighted by Crippen LogP contribution is -2.41. The Morgan fingerprint density at radius 2 is 1.91 bits per heavy atom. The Labute approximate surface area is 142 Å². The van der Waals surface area contributed by atoms with Gasteiger partial charge in [0.25, 0.3) is 0 Å². The highest BCUT2D eigenvalue weighted by molar-refractivity contribution is 5.68. The van der Waals surface area contributed by atoms with Crippen molar-refractivity contribution in [1.29, 1.82) is 0 Å². The molecule has 132 valence electrons. The van der Waals surface area contributed by atoms with Crippen LogP contribution in [-0.4, -0.2) is 29.7 Å². The zero-order valence-corrected chi connectivity index (χ0v) is 14.4. The van der Waals surface area contributed by atoms with Crippen LogP contribution in [0, 0.1) is 5.92 Å². The van der Waals surface area contributed by atoms with E-state index in [1.165, 1.54) is 5.57 Å². The molecule has 0 aromatic carbocycles. The largest absolute Gasteiger partial charge is 0.444 e. The highest BCUT2D eigenvalue weighted by Crippen LogP contribution is 2.26. The Morgan fingerprint density at radius 1 is 1.35 bits per heavy atom. The minimum absolute atomic E-state index is 0. The monoisotopic (exact) mass is 322 g/mol. The molecule has 0 aliphatic carbocycles. The highest BCUT2D eigenvalue weighted by Gasteiger charge is 2.26. The molecule has 0 atom stereocenters. The van der Waals surface area contributed by atoms with Gasteiger partial charge in [-0.25, -0.2) is 4.79 Å². The molecule has 2 N–H and O–H groups in total. The summed E-state index contributed by atoms with van der Waals surface area (Å²) in [6.45, 7) is 12.8. The van der Waals surface area contributed by atoms with Gasteiger partial charge in [-0.2, -0.15) is 0 Å². The number of ether oxygens (including phenoxy) is 1. The van der Waals surface area contributed by atoms with Gasteiger partial charge in [0.15, 0.2) is 0 Å².